The molecule has 0 saturated heterocycles. The third-order valence-electron chi connectivity index (χ3n) is 4.78. The van der Waals surface area contributed by atoms with Crippen LogP contribution in [-0.4, -0.2) is 61.4 Å². The molecule has 0 saturated carbocycles. The molecule has 2 rings (SSSR count). The predicted molar refractivity (Wildman–Crippen MR) is 113 cm³/mol. The van der Waals surface area contributed by atoms with Crippen LogP contribution in [0.5, 0.6) is 0 Å². The number of ether oxygens (including phenoxy) is 1. The molecule has 7 nitrogen and oxygen atoms in total. The summed E-state index contributed by atoms with van der Waals surface area (Å²) in [4.78, 5) is 14.9. The van der Waals surface area contributed by atoms with Crippen LogP contribution in [0.25, 0.3) is 0 Å². The van der Waals surface area contributed by atoms with E-state index in [1.165, 1.54) is 4.31 Å². The van der Waals surface area contributed by atoms with Gasteiger partial charge in [0.25, 0.3) is 0 Å². The van der Waals surface area contributed by atoms with Gasteiger partial charge in [0, 0.05) is 39.1 Å². The standard InChI is InChI=1S/C21H31N3O4S/c1-4-5-14-24(29(26,27)20-11-7-6-8-12-20)18-21(25)23(15-16-28-3)17-19-10-9-13-22(19)2/h6-13H,4-5,14-18H2,1-3H3. The second kappa shape index (κ2) is 11.1. The Labute approximate surface area is 173 Å². The largest absolute Gasteiger partial charge is 0.383 e. The number of methoxy groups -OCH3 is 1. The molecule has 0 spiro atoms. The second-order valence-corrected chi connectivity index (χ2v) is 8.86. The first kappa shape index (κ1) is 23.1. The molecular formula is C21H31N3O4S. The number of carbonyl (C=O) groups is 1. The van der Waals surface area contributed by atoms with E-state index in [1.807, 2.05) is 36.9 Å². The molecule has 1 aromatic carbocycles. The van der Waals surface area contributed by atoms with Crippen molar-refractivity contribution in [1.29, 1.82) is 0 Å². The quantitative estimate of drug-likeness (QED) is 0.528. The van der Waals surface area contributed by atoms with Gasteiger partial charge in [-0.2, -0.15) is 4.31 Å². The first-order valence-electron chi connectivity index (χ1n) is 9.82. The molecule has 0 bridgehead atoms. The van der Waals surface area contributed by atoms with E-state index in [2.05, 4.69) is 0 Å². The molecule has 0 radical (unpaired) electrons. The Morgan fingerprint density at radius 1 is 1.10 bits per heavy atom. The smallest absolute Gasteiger partial charge is 0.243 e. The lowest BCUT2D eigenvalue weighted by atomic mass is 10.3. The molecule has 0 N–H and O–H groups in total. The van der Waals surface area contributed by atoms with Crippen LogP contribution in [-0.2, 0) is 33.1 Å². The fraction of sp³-hybridized carbons (Fsp3) is 0.476. The summed E-state index contributed by atoms with van der Waals surface area (Å²) in [5, 5.41) is 0. The molecular weight excluding hydrogens is 390 g/mol. The Morgan fingerprint density at radius 3 is 2.41 bits per heavy atom. The molecule has 8 heteroatoms. The number of rotatable bonds is 12. The summed E-state index contributed by atoms with van der Waals surface area (Å²) in [6, 6.07) is 12.1. The van der Waals surface area contributed by atoms with E-state index >= 15 is 0 Å². The zero-order valence-electron chi connectivity index (χ0n) is 17.5. The first-order valence-corrected chi connectivity index (χ1v) is 11.3. The number of benzene rings is 1. The van der Waals surface area contributed by atoms with Gasteiger partial charge in [-0.25, -0.2) is 8.42 Å². The predicted octanol–water partition coefficient (Wildman–Crippen LogP) is 2.49. The maximum absolute atomic E-state index is 13.1. The first-order chi connectivity index (χ1) is 13.9. The van der Waals surface area contributed by atoms with Gasteiger partial charge in [0.05, 0.1) is 24.6 Å². The zero-order chi connectivity index (χ0) is 21.3. The Kier molecular flexibility index (Phi) is 8.88. The topological polar surface area (TPSA) is 71.8 Å². The highest BCUT2D eigenvalue weighted by atomic mass is 32.2. The third kappa shape index (κ3) is 6.42. The van der Waals surface area contributed by atoms with Crippen molar-refractivity contribution in [2.75, 3.05) is 33.4 Å². The lowest BCUT2D eigenvalue weighted by Gasteiger charge is -2.27. The molecule has 0 aliphatic rings. The van der Waals surface area contributed by atoms with Crippen molar-refractivity contribution >= 4 is 15.9 Å². The average molecular weight is 422 g/mol. The van der Waals surface area contributed by atoms with E-state index < -0.39 is 10.0 Å². The van der Waals surface area contributed by atoms with E-state index in [9.17, 15) is 13.2 Å². The molecule has 1 aromatic heterocycles. The molecule has 160 valence electrons. The third-order valence-corrected chi connectivity index (χ3v) is 6.64. The Balaban J connectivity index is 2.22. The summed E-state index contributed by atoms with van der Waals surface area (Å²) in [5.41, 5.74) is 0.973. The zero-order valence-corrected chi connectivity index (χ0v) is 18.3. The number of aryl methyl sites for hydroxylation is 1. The number of aromatic nitrogens is 1. The van der Waals surface area contributed by atoms with Gasteiger partial charge in [-0.1, -0.05) is 31.5 Å². The summed E-state index contributed by atoms with van der Waals surface area (Å²) in [6.07, 6.45) is 3.45. The van der Waals surface area contributed by atoms with Crippen molar-refractivity contribution < 1.29 is 17.9 Å². The van der Waals surface area contributed by atoms with Crippen molar-refractivity contribution in [2.45, 2.75) is 31.2 Å². The summed E-state index contributed by atoms with van der Waals surface area (Å²) in [7, 11) is -0.243. The fourth-order valence-electron chi connectivity index (χ4n) is 2.96. The van der Waals surface area contributed by atoms with Crippen LogP contribution in [0, 0.1) is 0 Å². The summed E-state index contributed by atoms with van der Waals surface area (Å²) >= 11 is 0. The van der Waals surface area contributed by atoms with Crippen molar-refractivity contribution in [2.24, 2.45) is 7.05 Å². The maximum Gasteiger partial charge on any atom is 0.243 e. The van der Waals surface area contributed by atoms with Gasteiger partial charge in [-0.3, -0.25) is 4.79 Å². The number of carbonyl (C=O) groups excluding carboxylic acids is 1. The van der Waals surface area contributed by atoms with Gasteiger partial charge >= 0.3 is 0 Å². The Hall–Kier alpha value is -2.16. The minimum absolute atomic E-state index is 0.189. The molecule has 29 heavy (non-hydrogen) atoms. The minimum atomic E-state index is -3.74. The molecule has 0 fully saturated rings. The SMILES string of the molecule is CCCCN(CC(=O)N(CCOC)Cc1cccn1C)S(=O)(=O)c1ccccc1. The summed E-state index contributed by atoms with van der Waals surface area (Å²) < 4.78 is 34.6. The van der Waals surface area contributed by atoms with E-state index in [0.29, 0.717) is 32.7 Å². The molecule has 0 unspecified atom stereocenters. The number of amides is 1. The normalized spacial score (nSPS) is 11.7. The number of sulfonamides is 1. The van der Waals surface area contributed by atoms with Crippen LogP contribution in [0.2, 0.25) is 0 Å². The van der Waals surface area contributed by atoms with Gasteiger partial charge in [0.15, 0.2) is 0 Å². The van der Waals surface area contributed by atoms with Gasteiger partial charge in [-0.05, 0) is 30.7 Å². The molecule has 1 heterocycles. The highest BCUT2D eigenvalue weighted by Crippen LogP contribution is 2.17. The van der Waals surface area contributed by atoms with Crippen LogP contribution in [0.4, 0.5) is 0 Å². The second-order valence-electron chi connectivity index (χ2n) is 6.92. The summed E-state index contributed by atoms with van der Waals surface area (Å²) in [5.74, 6) is -0.237. The van der Waals surface area contributed by atoms with Gasteiger partial charge < -0.3 is 14.2 Å². The Bertz CT molecular complexity index is 865. The van der Waals surface area contributed by atoms with E-state index in [4.69, 9.17) is 4.74 Å². The van der Waals surface area contributed by atoms with Crippen LogP contribution in [0.3, 0.4) is 0 Å². The van der Waals surface area contributed by atoms with Crippen molar-refractivity contribution in [3.63, 3.8) is 0 Å². The highest BCUT2D eigenvalue weighted by molar-refractivity contribution is 7.89. The van der Waals surface area contributed by atoms with E-state index in [0.717, 1.165) is 12.1 Å². The lowest BCUT2D eigenvalue weighted by molar-refractivity contribution is -0.132. The minimum Gasteiger partial charge on any atom is -0.383 e. The van der Waals surface area contributed by atoms with Crippen molar-refractivity contribution in [1.82, 2.24) is 13.8 Å². The fourth-order valence-corrected chi connectivity index (χ4v) is 4.41. The van der Waals surface area contributed by atoms with Gasteiger partial charge in [-0.15, -0.1) is 0 Å². The molecule has 0 aliphatic carbocycles. The average Bonchev–Trinajstić information content (AvgIpc) is 3.13. The van der Waals surface area contributed by atoms with Crippen molar-refractivity contribution in [3.05, 3.63) is 54.4 Å². The Morgan fingerprint density at radius 2 is 1.83 bits per heavy atom. The van der Waals surface area contributed by atoms with Crippen LogP contribution < -0.4 is 0 Å². The number of hydrogen-bond donors (Lipinski definition) is 0. The molecule has 2 aromatic rings. The number of hydrogen-bond acceptors (Lipinski definition) is 4. The number of unbranched alkanes of at least 4 members (excludes halogenated alkanes) is 1. The van der Waals surface area contributed by atoms with Gasteiger partial charge in [0.2, 0.25) is 15.9 Å². The van der Waals surface area contributed by atoms with Crippen molar-refractivity contribution in [3.8, 4) is 0 Å². The molecule has 0 atom stereocenters. The summed E-state index contributed by atoms with van der Waals surface area (Å²) in [6.45, 7) is 3.30. The van der Waals surface area contributed by atoms with Crippen LogP contribution >= 0.6 is 0 Å². The highest BCUT2D eigenvalue weighted by Gasteiger charge is 2.28. The van der Waals surface area contributed by atoms with Gasteiger partial charge in [0.1, 0.15) is 0 Å². The van der Waals surface area contributed by atoms with E-state index in [1.54, 1.807) is 42.3 Å². The van der Waals surface area contributed by atoms with E-state index in [-0.39, 0.29) is 17.3 Å². The van der Waals surface area contributed by atoms with Crippen LogP contribution in [0.1, 0.15) is 25.5 Å². The number of nitrogens with zero attached hydrogens (tertiary/aromatic N) is 3. The molecule has 1 amide bonds. The maximum atomic E-state index is 13.1. The lowest BCUT2D eigenvalue weighted by Crippen LogP contribution is -2.44. The van der Waals surface area contributed by atoms with Crippen LogP contribution in [0.15, 0.2) is 53.6 Å². The molecule has 0 aliphatic heterocycles. The monoisotopic (exact) mass is 421 g/mol.